The number of nitrogens with one attached hydrogen (secondary N) is 1. The van der Waals surface area contributed by atoms with Crippen molar-refractivity contribution in [1.29, 1.82) is 5.41 Å². The lowest BCUT2D eigenvalue weighted by molar-refractivity contribution is 0.478. The van der Waals surface area contributed by atoms with Gasteiger partial charge in [-0.3, -0.25) is 10.4 Å². The Labute approximate surface area is 121 Å². The molecule has 18 heavy (non-hydrogen) atoms. The molecule has 3 N–H and O–H groups in total. The van der Waals surface area contributed by atoms with Crippen molar-refractivity contribution >= 4 is 37.7 Å². The van der Waals surface area contributed by atoms with Crippen molar-refractivity contribution in [3.63, 3.8) is 0 Å². The number of nitrogens with two attached hydrogens (primary N) is 1. The van der Waals surface area contributed by atoms with E-state index in [-0.39, 0.29) is 5.84 Å². The number of aromatic nitrogens is 1. The van der Waals surface area contributed by atoms with Crippen molar-refractivity contribution in [2.24, 2.45) is 5.73 Å². The third-order valence-electron chi connectivity index (χ3n) is 2.14. The normalized spacial score (nSPS) is 10.1. The molecule has 0 aliphatic carbocycles. The second-order valence-electron chi connectivity index (χ2n) is 3.50. The van der Waals surface area contributed by atoms with Crippen LogP contribution in [0.2, 0.25) is 0 Å². The zero-order chi connectivity index (χ0) is 13.1. The van der Waals surface area contributed by atoms with E-state index in [1.165, 1.54) is 0 Å². The van der Waals surface area contributed by atoms with Crippen LogP contribution in [0.5, 0.6) is 11.5 Å². The molecule has 2 rings (SSSR count). The highest BCUT2D eigenvalue weighted by Gasteiger charge is 2.09. The standard InChI is InChI=1S/C12H9Br2N3O/c13-7-1-2-10(12(15)16)11(4-7)18-9-3-8(14)5-17-6-9/h1-6H,(H3,15,16). The number of halogens is 2. The molecule has 0 aliphatic rings. The Bertz CT molecular complexity index is 602. The van der Waals surface area contributed by atoms with Gasteiger partial charge in [-0.2, -0.15) is 0 Å². The van der Waals surface area contributed by atoms with Crippen molar-refractivity contribution in [3.8, 4) is 11.5 Å². The first kappa shape index (κ1) is 13.0. The average Bonchev–Trinajstić information content (AvgIpc) is 2.28. The van der Waals surface area contributed by atoms with Gasteiger partial charge in [0.2, 0.25) is 0 Å². The SMILES string of the molecule is N=C(N)c1ccc(Br)cc1Oc1cncc(Br)c1. The number of rotatable bonds is 3. The Kier molecular flexibility index (Phi) is 3.98. The smallest absolute Gasteiger partial charge is 0.146 e. The van der Waals surface area contributed by atoms with Crippen LogP contribution in [0.25, 0.3) is 0 Å². The summed E-state index contributed by atoms with van der Waals surface area (Å²) in [4.78, 5) is 4.01. The number of amidine groups is 1. The van der Waals surface area contributed by atoms with Crippen molar-refractivity contribution < 1.29 is 4.74 Å². The zero-order valence-corrected chi connectivity index (χ0v) is 12.3. The Morgan fingerprint density at radius 1 is 1.17 bits per heavy atom. The Morgan fingerprint density at radius 2 is 1.94 bits per heavy atom. The van der Waals surface area contributed by atoms with E-state index in [0.29, 0.717) is 17.1 Å². The van der Waals surface area contributed by atoms with Crippen LogP contribution >= 0.6 is 31.9 Å². The average molecular weight is 371 g/mol. The van der Waals surface area contributed by atoms with Gasteiger partial charge >= 0.3 is 0 Å². The number of pyridine rings is 1. The van der Waals surface area contributed by atoms with E-state index in [1.807, 2.05) is 6.07 Å². The second-order valence-corrected chi connectivity index (χ2v) is 5.33. The van der Waals surface area contributed by atoms with E-state index < -0.39 is 0 Å². The molecule has 0 atom stereocenters. The van der Waals surface area contributed by atoms with Gasteiger partial charge in [0.05, 0.1) is 11.8 Å². The second kappa shape index (κ2) is 5.49. The van der Waals surface area contributed by atoms with Gasteiger partial charge < -0.3 is 10.5 Å². The van der Waals surface area contributed by atoms with Crippen LogP contribution in [0, 0.1) is 5.41 Å². The Hall–Kier alpha value is -1.40. The van der Waals surface area contributed by atoms with Gasteiger partial charge in [-0.25, -0.2) is 0 Å². The molecule has 0 saturated heterocycles. The lowest BCUT2D eigenvalue weighted by atomic mass is 10.2. The summed E-state index contributed by atoms with van der Waals surface area (Å²) in [6, 6.07) is 7.09. The van der Waals surface area contributed by atoms with E-state index in [2.05, 4.69) is 36.8 Å². The zero-order valence-electron chi connectivity index (χ0n) is 9.15. The molecule has 92 valence electrons. The minimum atomic E-state index is -0.0412. The summed E-state index contributed by atoms with van der Waals surface area (Å²) in [6.45, 7) is 0. The highest BCUT2D eigenvalue weighted by atomic mass is 79.9. The molecule has 6 heteroatoms. The lowest BCUT2D eigenvalue weighted by Crippen LogP contribution is -2.12. The predicted molar refractivity (Wildman–Crippen MR) is 77.2 cm³/mol. The molecular formula is C12H9Br2N3O. The molecule has 0 aliphatic heterocycles. The van der Waals surface area contributed by atoms with Gasteiger partial charge in [0.25, 0.3) is 0 Å². The minimum Gasteiger partial charge on any atom is -0.455 e. The van der Waals surface area contributed by atoms with Crippen LogP contribution in [0.3, 0.4) is 0 Å². The molecule has 1 aromatic heterocycles. The molecule has 0 amide bonds. The molecule has 2 aromatic rings. The molecular weight excluding hydrogens is 362 g/mol. The van der Waals surface area contributed by atoms with Crippen molar-refractivity contribution in [2.45, 2.75) is 0 Å². The van der Waals surface area contributed by atoms with Crippen LogP contribution in [-0.2, 0) is 0 Å². The predicted octanol–water partition coefficient (Wildman–Crippen LogP) is 3.68. The van der Waals surface area contributed by atoms with E-state index >= 15 is 0 Å². The van der Waals surface area contributed by atoms with Crippen LogP contribution < -0.4 is 10.5 Å². The lowest BCUT2D eigenvalue weighted by Gasteiger charge is -2.10. The molecule has 0 saturated carbocycles. The fourth-order valence-corrected chi connectivity index (χ4v) is 2.06. The summed E-state index contributed by atoms with van der Waals surface area (Å²) >= 11 is 6.68. The first-order valence-corrected chi connectivity index (χ1v) is 6.57. The number of hydrogen-bond donors (Lipinski definition) is 2. The molecule has 0 radical (unpaired) electrons. The third-order valence-corrected chi connectivity index (χ3v) is 3.07. The van der Waals surface area contributed by atoms with E-state index in [9.17, 15) is 0 Å². The molecule has 4 nitrogen and oxygen atoms in total. The number of ether oxygens (including phenoxy) is 1. The van der Waals surface area contributed by atoms with Gasteiger partial charge in [-0.05, 0) is 40.2 Å². The fourth-order valence-electron chi connectivity index (χ4n) is 1.38. The molecule has 0 spiro atoms. The molecule has 0 bridgehead atoms. The largest absolute Gasteiger partial charge is 0.455 e. The minimum absolute atomic E-state index is 0.0412. The third kappa shape index (κ3) is 3.08. The summed E-state index contributed by atoms with van der Waals surface area (Å²) in [7, 11) is 0. The van der Waals surface area contributed by atoms with Gasteiger partial charge in [0, 0.05) is 15.1 Å². The maximum absolute atomic E-state index is 7.51. The van der Waals surface area contributed by atoms with Crippen molar-refractivity contribution in [2.75, 3.05) is 0 Å². The van der Waals surface area contributed by atoms with Crippen LogP contribution in [0.4, 0.5) is 0 Å². The number of benzene rings is 1. The number of nitrogen functional groups attached to an aromatic ring is 1. The molecule has 1 aromatic carbocycles. The first-order valence-electron chi connectivity index (χ1n) is 4.98. The van der Waals surface area contributed by atoms with E-state index in [4.69, 9.17) is 15.9 Å². The number of nitrogens with zero attached hydrogens (tertiary/aromatic N) is 1. The summed E-state index contributed by atoms with van der Waals surface area (Å²) in [6.07, 6.45) is 3.26. The summed E-state index contributed by atoms with van der Waals surface area (Å²) in [5.74, 6) is 1.04. The quantitative estimate of drug-likeness (QED) is 0.639. The molecule has 0 unspecified atom stereocenters. The van der Waals surface area contributed by atoms with Gasteiger partial charge in [-0.15, -0.1) is 0 Å². The summed E-state index contributed by atoms with van der Waals surface area (Å²) in [5, 5.41) is 7.51. The Morgan fingerprint density at radius 3 is 2.61 bits per heavy atom. The van der Waals surface area contributed by atoms with E-state index in [1.54, 1.807) is 30.6 Å². The van der Waals surface area contributed by atoms with Crippen LogP contribution in [-0.4, -0.2) is 10.8 Å². The molecule has 0 fully saturated rings. The maximum atomic E-state index is 7.51. The number of hydrogen-bond acceptors (Lipinski definition) is 3. The first-order chi connectivity index (χ1) is 8.56. The maximum Gasteiger partial charge on any atom is 0.146 e. The topological polar surface area (TPSA) is 72.0 Å². The van der Waals surface area contributed by atoms with Gasteiger partial charge in [-0.1, -0.05) is 15.9 Å². The molecule has 1 heterocycles. The van der Waals surface area contributed by atoms with Gasteiger partial charge in [0.15, 0.2) is 0 Å². The van der Waals surface area contributed by atoms with Gasteiger partial charge in [0.1, 0.15) is 17.3 Å². The highest BCUT2D eigenvalue weighted by Crippen LogP contribution is 2.29. The van der Waals surface area contributed by atoms with Crippen molar-refractivity contribution in [1.82, 2.24) is 4.98 Å². The highest BCUT2D eigenvalue weighted by molar-refractivity contribution is 9.10. The summed E-state index contributed by atoms with van der Waals surface area (Å²) in [5.41, 5.74) is 6.05. The summed E-state index contributed by atoms with van der Waals surface area (Å²) < 4.78 is 7.36. The van der Waals surface area contributed by atoms with Crippen LogP contribution in [0.15, 0.2) is 45.6 Å². The monoisotopic (exact) mass is 369 g/mol. The van der Waals surface area contributed by atoms with Crippen LogP contribution in [0.1, 0.15) is 5.56 Å². The fraction of sp³-hybridized carbons (Fsp3) is 0. The van der Waals surface area contributed by atoms with Crippen molar-refractivity contribution in [3.05, 3.63) is 51.2 Å². The van der Waals surface area contributed by atoms with E-state index in [0.717, 1.165) is 8.95 Å². The Balaban J connectivity index is 2.39.